The predicted molar refractivity (Wildman–Crippen MR) is 109 cm³/mol. The summed E-state index contributed by atoms with van der Waals surface area (Å²) in [5.74, 6) is -1.28. The van der Waals surface area contributed by atoms with Crippen LogP contribution in [0.1, 0.15) is 31.8 Å². The molecule has 0 aromatic heterocycles. The number of ether oxygens (including phenoxy) is 1. The highest BCUT2D eigenvalue weighted by atomic mass is 16.6. The van der Waals surface area contributed by atoms with Crippen LogP contribution in [-0.2, 0) is 4.74 Å². The minimum atomic E-state index is -0.728. The summed E-state index contributed by atoms with van der Waals surface area (Å²) in [6.45, 7) is 1.01. The van der Waals surface area contributed by atoms with Gasteiger partial charge in [0.1, 0.15) is 0 Å². The second-order valence-corrected chi connectivity index (χ2v) is 6.46. The van der Waals surface area contributed by atoms with Crippen LogP contribution in [0.2, 0.25) is 0 Å². The summed E-state index contributed by atoms with van der Waals surface area (Å²) < 4.78 is 5.17. The molecule has 0 fully saturated rings. The molecule has 3 aromatic rings. The van der Waals surface area contributed by atoms with E-state index in [-0.39, 0.29) is 16.8 Å². The average Bonchev–Trinajstić information content (AvgIpc) is 2.77. The first-order chi connectivity index (χ1) is 14.4. The Morgan fingerprint density at radius 1 is 1.03 bits per heavy atom. The molecular weight excluding hydrogens is 384 g/mol. The van der Waals surface area contributed by atoms with Gasteiger partial charge < -0.3 is 4.74 Å². The Hall–Kier alpha value is -4.31. The normalized spacial score (nSPS) is 10.1. The molecule has 0 aliphatic carbocycles. The third-order valence-corrected chi connectivity index (χ3v) is 4.55. The smallest absolute Gasteiger partial charge is 0.339 e. The number of nitrogens with zero attached hydrogens (tertiary/aromatic N) is 2. The van der Waals surface area contributed by atoms with Gasteiger partial charge in [-0.15, -0.1) is 0 Å². The van der Waals surface area contributed by atoms with E-state index in [4.69, 9.17) is 4.74 Å². The van der Waals surface area contributed by atoms with Gasteiger partial charge in [0, 0.05) is 22.8 Å². The Labute approximate surface area is 172 Å². The number of rotatable bonds is 6. The fourth-order valence-electron chi connectivity index (χ4n) is 2.98. The quantitative estimate of drug-likeness (QED) is 0.261. The SMILES string of the molecule is Cc1ccc(C(=O)COC(=O)c2ccccc2-c2ccccc2C#N)cc1[N+](=O)[O-]. The van der Waals surface area contributed by atoms with Crippen LogP contribution in [-0.4, -0.2) is 23.3 Å². The summed E-state index contributed by atoms with van der Waals surface area (Å²) >= 11 is 0. The molecule has 30 heavy (non-hydrogen) atoms. The summed E-state index contributed by atoms with van der Waals surface area (Å²) in [6, 6.07) is 19.7. The van der Waals surface area contributed by atoms with Gasteiger partial charge in [0.05, 0.1) is 22.1 Å². The highest BCUT2D eigenvalue weighted by Crippen LogP contribution is 2.27. The van der Waals surface area contributed by atoms with Crippen LogP contribution in [0.5, 0.6) is 0 Å². The van der Waals surface area contributed by atoms with E-state index in [0.29, 0.717) is 22.3 Å². The third-order valence-electron chi connectivity index (χ3n) is 4.55. The molecule has 0 amide bonds. The number of aryl methyl sites for hydroxylation is 1. The molecular formula is C23H16N2O5. The number of carbonyl (C=O) groups is 2. The van der Waals surface area contributed by atoms with Gasteiger partial charge in [-0.1, -0.05) is 48.5 Å². The summed E-state index contributed by atoms with van der Waals surface area (Å²) in [4.78, 5) is 35.5. The van der Waals surface area contributed by atoms with Crippen molar-refractivity contribution in [2.24, 2.45) is 0 Å². The first-order valence-corrected chi connectivity index (χ1v) is 8.96. The highest BCUT2D eigenvalue weighted by Gasteiger charge is 2.19. The molecule has 0 bridgehead atoms. The van der Waals surface area contributed by atoms with Crippen LogP contribution < -0.4 is 0 Å². The van der Waals surface area contributed by atoms with Gasteiger partial charge in [0.25, 0.3) is 5.69 Å². The van der Waals surface area contributed by atoms with E-state index >= 15 is 0 Å². The number of nitriles is 1. The van der Waals surface area contributed by atoms with Gasteiger partial charge in [0.2, 0.25) is 5.78 Å². The maximum Gasteiger partial charge on any atom is 0.339 e. The molecule has 0 radical (unpaired) electrons. The topological polar surface area (TPSA) is 110 Å². The van der Waals surface area contributed by atoms with Crippen molar-refractivity contribution in [2.75, 3.05) is 6.61 Å². The molecule has 0 unspecified atom stereocenters. The Morgan fingerprint density at radius 2 is 1.70 bits per heavy atom. The molecule has 0 aliphatic rings. The van der Waals surface area contributed by atoms with E-state index in [1.165, 1.54) is 18.2 Å². The van der Waals surface area contributed by atoms with Crippen LogP contribution in [0.15, 0.2) is 66.7 Å². The summed E-state index contributed by atoms with van der Waals surface area (Å²) in [5, 5.41) is 20.4. The molecule has 0 heterocycles. The molecule has 0 N–H and O–H groups in total. The van der Waals surface area contributed by atoms with E-state index in [1.807, 2.05) is 0 Å². The number of ketones is 1. The maximum absolute atomic E-state index is 12.6. The van der Waals surface area contributed by atoms with E-state index < -0.39 is 23.3 Å². The summed E-state index contributed by atoms with van der Waals surface area (Å²) in [5.41, 5.74) is 2.04. The van der Waals surface area contributed by atoms with Crippen LogP contribution in [0, 0.1) is 28.4 Å². The van der Waals surface area contributed by atoms with Crippen molar-refractivity contribution < 1.29 is 19.2 Å². The lowest BCUT2D eigenvalue weighted by molar-refractivity contribution is -0.385. The number of nitro benzene ring substituents is 1. The summed E-state index contributed by atoms with van der Waals surface area (Å²) in [7, 11) is 0. The molecule has 7 heteroatoms. The fraction of sp³-hybridized carbons (Fsp3) is 0.0870. The van der Waals surface area contributed by atoms with Crippen molar-refractivity contribution in [2.45, 2.75) is 6.92 Å². The van der Waals surface area contributed by atoms with Gasteiger partial charge in [-0.25, -0.2) is 4.79 Å². The van der Waals surface area contributed by atoms with Gasteiger partial charge in [0.15, 0.2) is 6.61 Å². The van der Waals surface area contributed by atoms with Gasteiger partial charge >= 0.3 is 5.97 Å². The molecule has 3 rings (SSSR count). The minimum absolute atomic E-state index is 0.0863. The molecule has 0 saturated heterocycles. The monoisotopic (exact) mass is 400 g/mol. The molecule has 3 aromatic carbocycles. The molecule has 148 valence electrons. The minimum Gasteiger partial charge on any atom is -0.454 e. The number of Topliss-reactive ketones (excluding diaryl/α,β-unsaturated/α-hetero) is 1. The Kier molecular flexibility index (Phi) is 5.99. The zero-order chi connectivity index (χ0) is 21.7. The fourth-order valence-corrected chi connectivity index (χ4v) is 2.98. The number of hydrogen-bond acceptors (Lipinski definition) is 6. The second kappa shape index (κ2) is 8.80. The van der Waals surface area contributed by atoms with E-state index in [0.717, 1.165) is 0 Å². The van der Waals surface area contributed by atoms with Crippen LogP contribution in [0.3, 0.4) is 0 Å². The summed E-state index contributed by atoms with van der Waals surface area (Å²) in [6.07, 6.45) is 0. The Morgan fingerprint density at radius 3 is 2.40 bits per heavy atom. The van der Waals surface area contributed by atoms with Crippen molar-refractivity contribution in [1.29, 1.82) is 5.26 Å². The lowest BCUT2D eigenvalue weighted by Gasteiger charge is -2.11. The van der Waals surface area contributed by atoms with Gasteiger partial charge in [-0.3, -0.25) is 14.9 Å². The maximum atomic E-state index is 12.6. The zero-order valence-electron chi connectivity index (χ0n) is 16.0. The number of benzene rings is 3. The van der Waals surface area contributed by atoms with Crippen LogP contribution in [0.4, 0.5) is 5.69 Å². The van der Waals surface area contributed by atoms with E-state index in [1.54, 1.807) is 55.5 Å². The van der Waals surface area contributed by atoms with Crippen molar-refractivity contribution in [3.8, 4) is 17.2 Å². The van der Waals surface area contributed by atoms with E-state index in [9.17, 15) is 25.0 Å². The van der Waals surface area contributed by atoms with E-state index in [2.05, 4.69) is 6.07 Å². The number of carbonyl (C=O) groups excluding carboxylic acids is 2. The second-order valence-electron chi connectivity index (χ2n) is 6.46. The molecule has 0 atom stereocenters. The van der Waals surface area contributed by atoms with Crippen molar-refractivity contribution in [1.82, 2.24) is 0 Å². The third kappa shape index (κ3) is 4.23. The Balaban J connectivity index is 1.81. The predicted octanol–water partition coefficient (Wildman–Crippen LogP) is 4.48. The number of nitro groups is 1. The van der Waals surface area contributed by atoms with Gasteiger partial charge in [-0.05, 0) is 24.6 Å². The first kappa shape index (κ1) is 20.4. The Bertz CT molecular complexity index is 1190. The van der Waals surface area contributed by atoms with Crippen molar-refractivity contribution in [3.63, 3.8) is 0 Å². The average molecular weight is 400 g/mol. The lowest BCUT2D eigenvalue weighted by atomic mass is 9.96. The number of esters is 1. The van der Waals surface area contributed by atoms with Gasteiger partial charge in [-0.2, -0.15) is 5.26 Å². The highest BCUT2D eigenvalue weighted by molar-refractivity contribution is 6.02. The van der Waals surface area contributed by atoms with Crippen molar-refractivity contribution >= 4 is 17.4 Å². The van der Waals surface area contributed by atoms with Crippen LogP contribution >= 0.6 is 0 Å². The molecule has 0 spiro atoms. The van der Waals surface area contributed by atoms with Crippen LogP contribution in [0.25, 0.3) is 11.1 Å². The molecule has 7 nitrogen and oxygen atoms in total. The lowest BCUT2D eigenvalue weighted by Crippen LogP contribution is -2.15. The first-order valence-electron chi connectivity index (χ1n) is 8.96. The standard InChI is InChI=1S/C23H16N2O5/c1-15-10-11-16(12-21(15)25(28)29)22(26)14-30-23(27)20-9-5-4-8-19(20)18-7-3-2-6-17(18)13-24/h2-12H,14H2,1H3. The largest absolute Gasteiger partial charge is 0.454 e. The zero-order valence-corrected chi connectivity index (χ0v) is 16.0. The molecule has 0 saturated carbocycles. The number of hydrogen-bond donors (Lipinski definition) is 0. The van der Waals surface area contributed by atoms with Crippen molar-refractivity contribution in [3.05, 3.63) is 99.1 Å². The molecule has 0 aliphatic heterocycles.